The molecule has 0 aliphatic rings. The van der Waals surface area contributed by atoms with Gasteiger partial charge >= 0.3 is 6.18 Å². The molecule has 7 heteroatoms. The molecule has 0 radical (unpaired) electrons. The zero-order valence-electron chi connectivity index (χ0n) is 11.1. The predicted molar refractivity (Wildman–Crippen MR) is 77.1 cm³/mol. The molecule has 0 aromatic heterocycles. The van der Waals surface area contributed by atoms with Crippen molar-refractivity contribution in [3.63, 3.8) is 0 Å². The number of ether oxygens (including phenoxy) is 1. The van der Waals surface area contributed by atoms with Crippen LogP contribution in [0.1, 0.15) is 12.0 Å². The Kier molecular flexibility index (Phi) is 6.22. The molecular weight excluding hydrogens is 289 g/mol. The van der Waals surface area contributed by atoms with Gasteiger partial charge in [-0.25, -0.2) is 0 Å². The summed E-state index contributed by atoms with van der Waals surface area (Å²) in [6, 6.07) is 7.37. The van der Waals surface area contributed by atoms with Crippen molar-refractivity contribution < 1.29 is 17.9 Å². The summed E-state index contributed by atoms with van der Waals surface area (Å²) in [6.45, 7) is -0.600. The molecule has 0 amide bonds. The van der Waals surface area contributed by atoms with Crippen molar-refractivity contribution in [2.75, 3.05) is 31.7 Å². The Balaban J connectivity index is 2.44. The summed E-state index contributed by atoms with van der Waals surface area (Å²) >= 11 is 4.97. The van der Waals surface area contributed by atoms with Crippen molar-refractivity contribution >= 4 is 22.9 Å². The van der Waals surface area contributed by atoms with E-state index in [0.29, 0.717) is 18.0 Å². The lowest BCUT2D eigenvalue weighted by Crippen LogP contribution is -2.24. The second-order valence-electron chi connectivity index (χ2n) is 4.32. The number of para-hydroxylation sites is 1. The summed E-state index contributed by atoms with van der Waals surface area (Å²) in [5, 5.41) is 0. The van der Waals surface area contributed by atoms with Crippen LogP contribution in [0.2, 0.25) is 0 Å². The zero-order chi connectivity index (χ0) is 15.2. The van der Waals surface area contributed by atoms with Crippen molar-refractivity contribution in [2.45, 2.75) is 12.6 Å². The van der Waals surface area contributed by atoms with E-state index in [4.69, 9.17) is 18.0 Å². The molecule has 0 saturated heterocycles. The number of rotatable bonds is 7. The Morgan fingerprint density at radius 2 is 2.00 bits per heavy atom. The van der Waals surface area contributed by atoms with Gasteiger partial charge in [-0.05, 0) is 18.6 Å². The first-order valence-corrected chi connectivity index (χ1v) is 6.46. The number of benzene rings is 1. The molecule has 0 bridgehead atoms. The molecule has 0 heterocycles. The van der Waals surface area contributed by atoms with E-state index in [2.05, 4.69) is 4.74 Å². The molecule has 0 fully saturated rings. The summed E-state index contributed by atoms with van der Waals surface area (Å²) in [4.78, 5) is 2.19. The number of alkyl halides is 3. The van der Waals surface area contributed by atoms with Gasteiger partial charge in [0, 0.05) is 31.5 Å². The van der Waals surface area contributed by atoms with Crippen molar-refractivity contribution in [3.8, 4) is 0 Å². The summed E-state index contributed by atoms with van der Waals surface area (Å²) < 4.78 is 40.2. The molecule has 0 aliphatic heterocycles. The highest BCUT2D eigenvalue weighted by atomic mass is 32.1. The number of halogens is 3. The van der Waals surface area contributed by atoms with Gasteiger partial charge in [0.25, 0.3) is 0 Å². The maximum Gasteiger partial charge on any atom is 0.411 e. The van der Waals surface area contributed by atoms with Crippen molar-refractivity contribution in [2.24, 2.45) is 5.73 Å². The second-order valence-corrected chi connectivity index (χ2v) is 4.76. The normalized spacial score (nSPS) is 11.4. The SMILES string of the molecule is CN(CCCOCC(F)(F)F)c1ccccc1C(N)=S. The lowest BCUT2D eigenvalue weighted by Gasteiger charge is -2.22. The largest absolute Gasteiger partial charge is 0.411 e. The van der Waals surface area contributed by atoms with Gasteiger partial charge in [0.2, 0.25) is 0 Å². The molecule has 1 aromatic rings. The minimum atomic E-state index is -4.27. The smallest absolute Gasteiger partial charge is 0.389 e. The highest BCUT2D eigenvalue weighted by molar-refractivity contribution is 7.80. The lowest BCUT2D eigenvalue weighted by atomic mass is 10.1. The Labute approximate surface area is 121 Å². The van der Waals surface area contributed by atoms with Crippen LogP contribution < -0.4 is 10.6 Å². The maximum absolute atomic E-state index is 11.9. The maximum atomic E-state index is 11.9. The summed E-state index contributed by atoms with van der Waals surface area (Å²) in [7, 11) is 1.83. The van der Waals surface area contributed by atoms with E-state index >= 15 is 0 Å². The summed E-state index contributed by atoms with van der Waals surface area (Å²) in [6.07, 6.45) is -3.79. The average Bonchev–Trinajstić information content (AvgIpc) is 2.36. The van der Waals surface area contributed by atoms with Crippen LogP contribution in [0.15, 0.2) is 24.3 Å². The molecule has 1 aromatic carbocycles. The van der Waals surface area contributed by atoms with Crippen LogP contribution in [-0.2, 0) is 4.74 Å². The van der Waals surface area contributed by atoms with Gasteiger partial charge in [-0.2, -0.15) is 13.2 Å². The van der Waals surface area contributed by atoms with Crippen LogP contribution in [0.4, 0.5) is 18.9 Å². The third-order valence-corrected chi connectivity index (χ3v) is 2.85. The van der Waals surface area contributed by atoms with Crippen LogP contribution >= 0.6 is 12.2 Å². The quantitative estimate of drug-likeness (QED) is 0.621. The lowest BCUT2D eigenvalue weighted by molar-refractivity contribution is -0.173. The number of hydrogen-bond donors (Lipinski definition) is 1. The number of nitrogens with two attached hydrogens (primary N) is 1. The van der Waals surface area contributed by atoms with Gasteiger partial charge in [0.05, 0.1) is 0 Å². The third-order valence-electron chi connectivity index (χ3n) is 2.63. The van der Waals surface area contributed by atoms with Gasteiger partial charge in [-0.15, -0.1) is 0 Å². The zero-order valence-corrected chi connectivity index (χ0v) is 11.9. The average molecular weight is 306 g/mol. The van der Waals surface area contributed by atoms with E-state index < -0.39 is 12.8 Å². The fourth-order valence-corrected chi connectivity index (χ4v) is 1.90. The number of hydrogen-bond acceptors (Lipinski definition) is 3. The predicted octanol–water partition coefficient (Wildman–Crippen LogP) is 2.73. The van der Waals surface area contributed by atoms with Gasteiger partial charge in [-0.3, -0.25) is 0 Å². The van der Waals surface area contributed by atoms with Crippen LogP contribution in [0.25, 0.3) is 0 Å². The molecule has 20 heavy (non-hydrogen) atoms. The second kappa shape index (κ2) is 7.44. The standard InChI is InChI=1S/C13H17F3N2OS/c1-18(7-4-8-19-9-13(14,15)16)11-6-3-2-5-10(11)12(17)20/h2-3,5-6H,4,7-9H2,1H3,(H2,17,20). The molecular formula is C13H17F3N2OS. The molecule has 2 N–H and O–H groups in total. The van der Waals surface area contributed by atoms with Crippen LogP contribution in [0.3, 0.4) is 0 Å². The topological polar surface area (TPSA) is 38.5 Å². The third kappa shape index (κ3) is 5.75. The first kappa shape index (κ1) is 16.7. The molecule has 0 unspecified atom stereocenters. The first-order valence-electron chi connectivity index (χ1n) is 6.06. The van der Waals surface area contributed by atoms with E-state index in [0.717, 1.165) is 11.3 Å². The van der Waals surface area contributed by atoms with Crippen molar-refractivity contribution in [1.82, 2.24) is 0 Å². The minimum Gasteiger partial charge on any atom is -0.389 e. The Bertz CT molecular complexity index is 451. The first-order chi connectivity index (χ1) is 9.31. The molecule has 0 aliphatic carbocycles. The fourth-order valence-electron chi connectivity index (χ4n) is 1.73. The van der Waals surface area contributed by atoms with E-state index in [9.17, 15) is 13.2 Å². The number of thiocarbonyl (C=S) groups is 1. The molecule has 0 atom stereocenters. The molecule has 112 valence electrons. The van der Waals surface area contributed by atoms with Crippen LogP contribution in [0.5, 0.6) is 0 Å². The van der Waals surface area contributed by atoms with Crippen LogP contribution in [0, 0.1) is 0 Å². The fraction of sp³-hybridized carbons (Fsp3) is 0.462. The van der Waals surface area contributed by atoms with Gasteiger partial charge in [0.15, 0.2) is 0 Å². The highest BCUT2D eigenvalue weighted by Crippen LogP contribution is 2.19. The van der Waals surface area contributed by atoms with Gasteiger partial charge < -0.3 is 15.4 Å². The van der Waals surface area contributed by atoms with Crippen molar-refractivity contribution in [1.29, 1.82) is 0 Å². The Morgan fingerprint density at radius 1 is 1.35 bits per heavy atom. The van der Waals surface area contributed by atoms with E-state index in [1.807, 2.05) is 36.2 Å². The molecule has 0 saturated carbocycles. The van der Waals surface area contributed by atoms with Crippen molar-refractivity contribution in [3.05, 3.63) is 29.8 Å². The Morgan fingerprint density at radius 3 is 2.60 bits per heavy atom. The highest BCUT2D eigenvalue weighted by Gasteiger charge is 2.27. The summed E-state index contributed by atoms with van der Waals surface area (Å²) in [5.41, 5.74) is 7.24. The number of nitrogens with zero attached hydrogens (tertiary/aromatic N) is 1. The van der Waals surface area contributed by atoms with Gasteiger partial charge in [0.1, 0.15) is 11.6 Å². The van der Waals surface area contributed by atoms with E-state index in [1.54, 1.807) is 0 Å². The molecule has 3 nitrogen and oxygen atoms in total. The number of anilines is 1. The molecule has 0 spiro atoms. The minimum absolute atomic E-state index is 0.0547. The molecule has 1 rings (SSSR count). The van der Waals surface area contributed by atoms with E-state index in [1.165, 1.54) is 0 Å². The van der Waals surface area contributed by atoms with Crippen LogP contribution in [-0.4, -0.2) is 38.0 Å². The Hall–Kier alpha value is -1.34. The summed E-state index contributed by atoms with van der Waals surface area (Å²) in [5.74, 6) is 0. The monoisotopic (exact) mass is 306 g/mol. The van der Waals surface area contributed by atoms with Gasteiger partial charge in [-0.1, -0.05) is 24.4 Å². The van der Waals surface area contributed by atoms with E-state index in [-0.39, 0.29) is 6.61 Å².